The Labute approximate surface area is 170 Å². The van der Waals surface area contributed by atoms with Crippen molar-refractivity contribution in [1.82, 2.24) is 15.5 Å². The van der Waals surface area contributed by atoms with Gasteiger partial charge in [-0.3, -0.25) is 14.9 Å². The van der Waals surface area contributed by atoms with E-state index in [4.69, 9.17) is 9.47 Å². The first-order valence-electron chi connectivity index (χ1n) is 9.94. The molecule has 2 aliphatic rings. The highest BCUT2D eigenvalue weighted by Gasteiger charge is 2.34. The molecular formula is C20H28N4O5. The second-order valence-electron chi connectivity index (χ2n) is 7.14. The summed E-state index contributed by atoms with van der Waals surface area (Å²) in [6.07, 6.45) is 2.46. The molecule has 1 aromatic rings. The zero-order valence-electron chi connectivity index (χ0n) is 16.7. The number of carbonyl (C=O) groups excluding carboxylic acids is 3. The predicted molar refractivity (Wildman–Crippen MR) is 107 cm³/mol. The van der Waals surface area contributed by atoms with Crippen LogP contribution in [0.5, 0.6) is 5.75 Å². The number of anilines is 1. The summed E-state index contributed by atoms with van der Waals surface area (Å²) in [6.45, 7) is 2.35. The van der Waals surface area contributed by atoms with E-state index in [0.29, 0.717) is 18.9 Å². The quantitative estimate of drug-likeness (QED) is 0.679. The lowest BCUT2D eigenvalue weighted by atomic mass is 10.1. The van der Waals surface area contributed by atoms with Crippen LogP contribution in [0.15, 0.2) is 24.3 Å². The van der Waals surface area contributed by atoms with E-state index in [1.807, 2.05) is 23.1 Å². The number of rotatable bonds is 6. The Balaban J connectivity index is 1.64. The van der Waals surface area contributed by atoms with Crippen LogP contribution < -0.4 is 20.3 Å². The zero-order valence-corrected chi connectivity index (χ0v) is 16.7. The number of nitrogens with one attached hydrogen (secondary N) is 2. The number of hydrogen-bond donors (Lipinski definition) is 2. The maximum atomic E-state index is 12.9. The van der Waals surface area contributed by atoms with Crippen LogP contribution in [0.3, 0.4) is 0 Å². The number of fused-ring (bicyclic) bond motifs is 1. The van der Waals surface area contributed by atoms with Gasteiger partial charge in [0.2, 0.25) is 5.91 Å². The fourth-order valence-electron chi connectivity index (χ4n) is 3.55. The van der Waals surface area contributed by atoms with E-state index in [-0.39, 0.29) is 19.0 Å². The fraction of sp³-hybridized carbons (Fsp3) is 0.550. The molecule has 4 amide bonds. The molecule has 1 fully saturated rings. The standard InChI is InChI=1S/C20H28N4O5/c1-28-12-9-21-20(27)22-18(25)14-24-13-17(19(26)23-10-5-2-6-11-23)29-16-8-4-3-7-15(16)24/h3-4,7-8,17H,2,5-6,9-14H2,1H3,(H2,21,22,25,27). The molecule has 3 rings (SSSR count). The third kappa shape index (κ3) is 5.60. The number of urea groups is 1. The third-order valence-corrected chi connectivity index (χ3v) is 4.98. The lowest BCUT2D eigenvalue weighted by Crippen LogP contribution is -2.53. The molecule has 0 radical (unpaired) electrons. The van der Waals surface area contributed by atoms with E-state index in [2.05, 4.69) is 10.6 Å². The van der Waals surface area contributed by atoms with Crippen molar-refractivity contribution in [2.24, 2.45) is 0 Å². The van der Waals surface area contributed by atoms with E-state index in [1.165, 1.54) is 7.11 Å². The van der Waals surface area contributed by atoms with Gasteiger partial charge in [-0.25, -0.2) is 4.79 Å². The van der Waals surface area contributed by atoms with Crippen LogP contribution in [0, 0.1) is 0 Å². The van der Waals surface area contributed by atoms with E-state index in [9.17, 15) is 14.4 Å². The number of piperidine rings is 1. The lowest BCUT2D eigenvalue weighted by molar-refractivity contribution is -0.139. The Kier molecular flexibility index (Phi) is 7.29. The van der Waals surface area contributed by atoms with Gasteiger partial charge in [-0.1, -0.05) is 12.1 Å². The Hall–Kier alpha value is -2.81. The summed E-state index contributed by atoms with van der Waals surface area (Å²) in [7, 11) is 1.53. The van der Waals surface area contributed by atoms with E-state index < -0.39 is 18.0 Å². The van der Waals surface area contributed by atoms with Gasteiger partial charge >= 0.3 is 6.03 Å². The van der Waals surface area contributed by atoms with Crippen LogP contribution in [0.25, 0.3) is 0 Å². The molecule has 9 nitrogen and oxygen atoms in total. The molecule has 1 atom stereocenters. The first-order valence-corrected chi connectivity index (χ1v) is 9.94. The maximum absolute atomic E-state index is 12.9. The first kappa shape index (κ1) is 20.9. The molecule has 1 unspecified atom stereocenters. The number of ether oxygens (including phenoxy) is 2. The smallest absolute Gasteiger partial charge is 0.321 e. The number of carbonyl (C=O) groups is 3. The number of likely N-dealkylation sites (tertiary alicyclic amines) is 1. The Morgan fingerprint density at radius 3 is 2.69 bits per heavy atom. The molecule has 1 aromatic carbocycles. The SMILES string of the molecule is COCCNC(=O)NC(=O)CN1CC(C(=O)N2CCCCC2)Oc2ccccc21. The fourth-order valence-corrected chi connectivity index (χ4v) is 3.55. The van der Waals surface area contributed by atoms with Crippen molar-refractivity contribution in [3.05, 3.63) is 24.3 Å². The van der Waals surface area contributed by atoms with E-state index in [0.717, 1.165) is 38.0 Å². The zero-order chi connectivity index (χ0) is 20.6. The molecule has 0 aliphatic carbocycles. The van der Waals surface area contributed by atoms with Gasteiger partial charge in [-0.2, -0.15) is 0 Å². The minimum Gasteiger partial charge on any atom is -0.477 e. The highest BCUT2D eigenvalue weighted by Crippen LogP contribution is 2.33. The van der Waals surface area contributed by atoms with Crippen molar-refractivity contribution in [3.63, 3.8) is 0 Å². The minimum atomic E-state index is -0.675. The summed E-state index contributed by atoms with van der Waals surface area (Å²) < 4.78 is 10.8. The average molecular weight is 404 g/mol. The Morgan fingerprint density at radius 2 is 1.93 bits per heavy atom. The van der Waals surface area contributed by atoms with Crippen LogP contribution in [0.1, 0.15) is 19.3 Å². The van der Waals surface area contributed by atoms with Gasteiger partial charge in [0, 0.05) is 26.7 Å². The number of benzene rings is 1. The van der Waals surface area contributed by atoms with E-state index in [1.54, 1.807) is 11.0 Å². The topological polar surface area (TPSA) is 100 Å². The Morgan fingerprint density at radius 1 is 1.17 bits per heavy atom. The molecule has 0 aromatic heterocycles. The normalized spacial score (nSPS) is 18.4. The molecule has 2 heterocycles. The van der Waals surface area contributed by atoms with Crippen molar-refractivity contribution >= 4 is 23.5 Å². The highest BCUT2D eigenvalue weighted by molar-refractivity contribution is 5.97. The van der Waals surface area contributed by atoms with Gasteiger partial charge in [0.1, 0.15) is 5.75 Å². The van der Waals surface area contributed by atoms with Gasteiger partial charge in [-0.05, 0) is 31.4 Å². The number of hydrogen-bond acceptors (Lipinski definition) is 6. The predicted octanol–water partition coefficient (Wildman–Crippen LogP) is 0.739. The Bertz CT molecular complexity index is 735. The first-order chi connectivity index (χ1) is 14.1. The molecule has 9 heteroatoms. The molecule has 29 heavy (non-hydrogen) atoms. The van der Waals surface area contributed by atoms with Crippen LogP contribution in [-0.4, -0.2) is 75.3 Å². The van der Waals surface area contributed by atoms with Crippen LogP contribution in [-0.2, 0) is 14.3 Å². The molecule has 0 saturated carbocycles. The number of methoxy groups -OCH3 is 1. The maximum Gasteiger partial charge on any atom is 0.321 e. The molecule has 1 saturated heterocycles. The number of amides is 4. The van der Waals surface area contributed by atoms with Gasteiger partial charge in [0.25, 0.3) is 5.91 Å². The monoisotopic (exact) mass is 404 g/mol. The van der Waals surface area contributed by atoms with E-state index >= 15 is 0 Å². The average Bonchev–Trinajstić information content (AvgIpc) is 2.74. The molecule has 158 valence electrons. The number of para-hydroxylation sites is 2. The second kappa shape index (κ2) is 10.1. The molecule has 0 bridgehead atoms. The van der Waals surface area contributed by atoms with Crippen molar-refractivity contribution < 1.29 is 23.9 Å². The summed E-state index contributed by atoms with van der Waals surface area (Å²) in [6, 6.07) is 6.72. The van der Waals surface area contributed by atoms with Gasteiger partial charge in [0.15, 0.2) is 6.10 Å². The molecule has 2 N–H and O–H groups in total. The summed E-state index contributed by atoms with van der Waals surface area (Å²) in [5.74, 6) is 0.0502. The summed E-state index contributed by atoms with van der Waals surface area (Å²) in [5, 5.41) is 4.84. The molecule has 2 aliphatic heterocycles. The van der Waals surface area contributed by atoms with Crippen LogP contribution in [0.2, 0.25) is 0 Å². The van der Waals surface area contributed by atoms with Crippen LogP contribution >= 0.6 is 0 Å². The number of nitrogens with zero attached hydrogens (tertiary/aromatic N) is 2. The van der Waals surface area contributed by atoms with Crippen molar-refractivity contribution in [3.8, 4) is 5.75 Å². The van der Waals surface area contributed by atoms with Gasteiger partial charge < -0.3 is 24.6 Å². The van der Waals surface area contributed by atoms with Crippen molar-refractivity contribution in [2.75, 3.05) is 51.3 Å². The second-order valence-corrected chi connectivity index (χ2v) is 7.14. The summed E-state index contributed by atoms with van der Waals surface area (Å²) >= 11 is 0. The van der Waals surface area contributed by atoms with Crippen molar-refractivity contribution in [2.45, 2.75) is 25.4 Å². The summed E-state index contributed by atoms with van der Waals surface area (Å²) in [5.41, 5.74) is 0.727. The van der Waals surface area contributed by atoms with Crippen molar-refractivity contribution in [1.29, 1.82) is 0 Å². The molecular weight excluding hydrogens is 376 g/mol. The van der Waals surface area contributed by atoms with Crippen LogP contribution in [0.4, 0.5) is 10.5 Å². The largest absolute Gasteiger partial charge is 0.477 e. The molecule has 0 spiro atoms. The minimum absolute atomic E-state index is 0.0537. The van der Waals surface area contributed by atoms with Gasteiger partial charge in [-0.15, -0.1) is 0 Å². The lowest BCUT2D eigenvalue weighted by Gasteiger charge is -2.38. The number of imide groups is 1. The third-order valence-electron chi connectivity index (χ3n) is 4.98. The highest BCUT2D eigenvalue weighted by atomic mass is 16.5. The summed E-state index contributed by atoms with van der Waals surface area (Å²) in [4.78, 5) is 40.7. The van der Waals surface area contributed by atoms with Gasteiger partial charge in [0.05, 0.1) is 25.4 Å².